The number of rotatable bonds is 3. The summed E-state index contributed by atoms with van der Waals surface area (Å²) in [5.41, 5.74) is 5.28. The molecule has 0 spiro atoms. The lowest BCUT2D eigenvalue weighted by molar-refractivity contribution is -0.117. The maximum Gasteiger partial charge on any atom is 0.295 e. The van der Waals surface area contributed by atoms with Crippen molar-refractivity contribution < 1.29 is 4.79 Å². The van der Waals surface area contributed by atoms with Crippen LogP contribution >= 0.6 is 11.8 Å². The van der Waals surface area contributed by atoms with Gasteiger partial charge in [0.25, 0.3) is 5.56 Å². The number of amides is 1. The number of thioether (sulfide) groups is 1. The molecule has 2 atom stereocenters. The highest BCUT2D eigenvalue weighted by Crippen LogP contribution is 2.45. The molecule has 1 aliphatic rings. The summed E-state index contributed by atoms with van der Waals surface area (Å²) in [5.74, 6) is -0.0239. The van der Waals surface area contributed by atoms with Crippen LogP contribution in [0.3, 0.4) is 0 Å². The molecule has 1 fully saturated rings. The van der Waals surface area contributed by atoms with Crippen LogP contribution in [0.15, 0.2) is 53.3 Å². The number of aryl methyl sites for hydroxylation is 2. The van der Waals surface area contributed by atoms with E-state index >= 15 is 0 Å². The van der Waals surface area contributed by atoms with Gasteiger partial charge in [0.1, 0.15) is 11.1 Å². The highest BCUT2D eigenvalue weighted by Gasteiger charge is 2.42. The molecule has 0 radical (unpaired) electrons. The summed E-state index contributed by atoms with van der Waals surface area (Å²) in [6, 6.07) is 15.8. The molecule has 150 valence electrons. The van der Waals surface area contributed by atoms with E-state index in [9.17, 15) is 9.59 Å². The molecule has 1 aliphatic heterocycles. The zero-order chi connectivity index (χ0) is 20.9. The average molecular weight is 408 g/mol. The molecular weight excluding hydrogens is 382 g/mol. The minimum absolute atomic E-state index is 0.0239. The molecule has 0 aliphatic carbocycles. The van der Waals surface area contributed by atoms with Gasteiger partial charge in [-0.15, -0.1) is 11.8 Å². The fraction of sp³-hybridized carbons (Fsp3) is 0.304. The monoisotopic (exact) mass is 407 g/mol. The lowest BCUT2D eigenvalue weighted by Crippen LogP contribution is -2.34. The first-order valence-corrected chi connectivity index (χ1v) is 10.6. The zero-order valence-corrected chi connectivity index (χ0v) is 18.2. The molecule has 0 bridgehead atoms. The SMILES string of the molecule is Cc1ccc([C@H]2S[C@@H](C)C(=O)N2c2c(C)n(C)n(-c3ccccc3)c2=O)cc1C. The number of carbonyl (C=O) groups is 1. The van der Waals surface area contributed by atoms with Crippen LogP contribution in [0, 0.1) is 20.8 Å². The van der Waals surface area contributed by atoms with Crippen molar-refractivity contribution >= 4 is 23.4 Å². The third-order valence-corrected chi connectivity index (χ3v) is 7.08. The third-order valence-electron chi connectivity index (χ3n) is 5.73. The summed E-state index contributed by atoms with van der Waals surface area (Å²) >= 11 is 1.59. The van der Waals surface area contributed by atoms with Crippen molar-refractivity contribution in [2.45, 2.75) is 38.3 Å². The van der Waals surface area contributed by atoms with Gasteiger partial charge in [-0.05, 0) is 56.5 Å². The molecule has 5 nitrogen and oxygen atoms in total. The Bertz CT molecular complexity index is 1150. The van der Waals surface area contributed by atoms with Gasteiger partial charge in [0.15, 0.2) is 0 Å². The van der Waals surface area contributed by atoms with Crippen LogP contribution in [0.1, 0.15) is 34.7 Å². The van der Waals surface area contributed by atoms with Crippen LogP contribution in [-0.4, -0.2) is 20.5 Å². The second kappa shape index (κ2) is 7.26. The molecule has 4 rings (SSSR count). The third kappa shape index (κ3) is 3.12. The van der Waals surface area contributed by atoms with Gasteiger partial charge >= 0.3 is 0 Å². The van der Waals surface area contributed by atoms with Gasteiger partial charge in [-0.2, -0.15) is 0 Å². The van der Waals surface area contributed by atoms with E-state index in [1.807, 2.05) is 55.9 Å². The fourth-order valence-corrected chi connectivity index (χ4v) is 5.08. The predicted octanol–water partition coefficient (Wildman–Crippen LogP) is 4.27. The van der Waals surface area contributed by atoms with Crippen LogP contribution in [0.5, 0.6) is 0 Å². The molecule has 1 amide bonds. The number of hydrogen-bond acceptors (Lipinski definition) is 3. The Morgan fingerprint density at radius 1 is 0.931 bits per heavy atom. The van der Waals surface area contributed by atoms with Crippen LogP contribution in [0.25, 0.3) is 5.69 Å². The van der Waals surface area contributed by atoms with E-state index < -0.39 is 0 Å². The average Bonchev–Trinajstić information content (AvgIpc) is 3.11. The minimum Gasteiger partial charge on any atom is -0.288 e. The van der Waals surface area contributed by atoms with Crippen molar-refractivity contribution in [3.8, 4) is 5.69 Å². The Morgan fingerprint density at radius 2 is 1.62 bits per heavy atom. The second-order valence-corrected chi connectivity index (χ2v) is 9.02. The topological polar surface area (TPSA) is 47.2 Å². The molecule has 2 aromatic carbocycles. The molecule has 0 unspecified atom stereocenters. The number of benzene rings is 2. The lowest BCUT2D eigenvalue weighted by atomic mass is 10.1. The summed E-state index contributed by atoms with van der Waals surface area (Å²) in [4.78, 5) is 28.3. The van der Waals surface area contributed by atoms with Crippen LogP contribution in [0.4, 0.5) is 5.69 Å². The molecule has 1 saturated heterocycles. The maximum atomic E-state index is 13.5. The number of aromatic nitrogens is 2. The molecule has 0 saturated carbocycles. The highest BCUT2D eigenvalue weighted by molar-refractivity contribution is 8.01. The Labute approximate surface area is 174 Å². The van der Waals surface area contributed by atoms with E-state index in [1.165, 1.54) is 11.1 Å². The number of anilines is 1. The molecule has 2 heterocycles. The first kappa shape index (κ1) is 19.6. The second-order valence-electron chi connectivity index (χ2n) is 7.59. The Balaban J connectivity index is 1.89. The van der Waals surface area contributed by atoms with Crippen LogP contribution in [-0.2, 0) is 11.8 Å². The molecule has 3 aromatic rings. The molecular formula is C23H25N3O2S. The molecule has 1 aromatic heterocycles. The summed E-state index contributed by atoms with van der Waals surface area (Å²) in [5, 5.41) is -0.416. The largest absolute Gasteiger partial charge is 0.295 e. The van der Waals surface area contributed by atoms with Gasteiger partial charge in [-0.3, -0.25) is 19.2 Å². The van der Waals surface area contributed by atoms with Crippen LogP contribution < -0.4 is 10.5 Å². The number of hydrogen-bond donors (Lipinski definition) is 0. The molecule has 29 heavy (non-hydrogen) atoms. The smallest absolute Gasteiger partial charge is 0.288 e. The summed E-state index contributed by atoms with van der Waals surface area (Å²) in [6.07, 6.45) is 0. The zero-order valence-electron chi connectivity index (χ0n) is 17.3. The number of carbonyl (C=O) groups excluding carboxylic acids is 1. The van der Waals surface area contributed by atoms with Gasteiger partial charge in [0.05, 0.1) is 16.6 Å². The van der Waals surface area contributed by atoms with Gasteiger partial charge < -0.3 is 0 Å². The predicted molar refractivity (Wildman–Crippen MR) is 119 cm³/mol. The van der Waals surface area contributed by atoms with E-state index in [1.54, 1.807) is 21.3 Å². The first-order chi connectivity index (χ1) is 13.8. The Morgan fingerprint density at radius 3 is 2.28 bits per heavy atom. The normalized spacial score (nSPS) is 19.2. The Kier molecular flexibility index (Phi) is 4.90. The summed E-state index contributed by atoms with van der Waals surface area (Å²) < 4.78 is 3.45. The summed E-state index contributed by atoms with van der Waals surface area (Å²) in [7, 11) is 1.86. The van der Waals surface area contributed by atoms with E-state index in [0.717, 1.165) is 16.9 Å². The van der Waals surface area contributed by atoms with Crippen molar-refractivity contribution in [1.29, 1.82) is 0 Å². The van der Waals surface area contributed by atoms with Crippen LogP contribution in [0.2, 0.25) is 0 Å². The summed E-state index contributed by atoms with van der Waals surface area (Å²) in [6.45, 7) is 7.96. The van der Waals surface area contributed by atoms with E-state index in [2.05, 4.69) is 32.0 Å². The highest BCUT2D eigenvalue weighted by atomic mass is 32.2. The van der Waals surface area contributed by atoms with Crippen molar-refractivity contribution in [2.75, 3.05) is 4.90 Å². The number of nitrogens with zero attached hydrogens (tertiary/aromatic N) is 3. The van der Waals surface area contributed by atoms with E-state index in [4.69, 9.17) is 0 Å². The van der Waals surface area contributed by atoms with E-state index in [0.29, 0.717) is 5.69 Å². The van der Waals surface area contributed by atoms with Crippen molar-refractivity contribution in [1.82, 2.24) is 9.36 Å². The lowest BCUT2D eigenvalue weighted by Gasteiger charge is -2.23. The number of para-hydroxylation sites is 1. The fourth-order valence-electron chi connectivity index (χ4n) is 3.83. The molecule has 6 heteroatoms. The first-order valence-electron chi connectivity index (χ1n) is 9.71. The van der Waals surface area contributed by atoms with Crippen molar-refractivity contribution in [3.63, 3.8) is 0 Å². The minimum atomic E-state index is -0.213. The van der Waals surface area contributed by atoms with Gasteiger partial charge in [0, 0.05) is 7.05 Å². The Hall–Kier alpha value is -2.73. The van der Waals surface area contributed by atoms with Gasteiger partial charge in [-0.1, -0.05) is 36.4 Å². The van der Waals surface area contributed by atoms with E-state index in [-0.39, 0.29) is 22.1 Å². The quantitative estimate of drug-likeness (QED) is 0.651. The molecule has 0 N–H and O–H groups in total. The van der Waals surface area contributed by atoms with Crippen molar-refractivity contribution in [2.24, 2.45) is 7.05 Å². The van der Waals surface area contributed by atoms with Crippen molar-refractivity contribution in [3.05, 3.63) is 81.3 Å². The maximum absolute atomic E-state index is 13.5. The standard InChI is InChI=1S/C23H25N3O2S/c1-14-11-12-18(13-15(14)2)23-25(21(27)17(4)29-23)20-16(3)24(5)26(22(20)28)19-9-7-6-8-10-19/h6-13,17,23H,1-5H3/t17-,23+/m0/s1. The van der Waals surface area contributed by atoms with Gasteiger partial charge in [-0.25, -0.2) is 4.68 Å². The van der Waals surface area contributed by atoms with Gasteiger partial charge in [0.2, 0.25) is 5.91 Å².